The molecule has 0 atom stereocenters. The van der Waals surface area contributed by atoms with Gasteiger partial charge in [-0.3, -0.25) is 4.79 Å². The molecule has 0 unspecified atom stereocenters. The van der Waals surface area contributed by atoms with Crippen molar-refractivity contribution < 1.29 is 13.2 Å². The standard InChI is InChI=1S/C29H31ClN6O3S/c1-3-4-28(22-5-9-24(10-6-22)32-21(2)37)34-29(31)33-25-11-13-26(14-12-25)35-17-19-36(20-18-35)40(38,39)27-15-7-23(30)8-16-27/h3-16H,1,17-20H2,2H3,(H,32,37)(H3,31,33,34)/b28-4-. The number of amides is 1. The zero-order chi connectivity index (χ0) is 28.7. The van der Waals surface area contributed by atoms with Crippen LogP contribution in [0.25, 0.3) is 5.70 Å². The molecule has 0 spiro atoms. The van der Waals surface area contributed by atoms with Crippen molar-refractivity contribution in [3.63, 3.8) is 0 Å². The summed E-state index contributed by atoms with van der Waals surface area (Å²) in [4.78, 5) is 18.1. The highest BCUT2D eigenvalue weighted by molar-refractivity contribution is 7.89. The van der Waals surface area contributed by atoms with E-state index in [1.165, 1.54) is 23.4 Å². The van der Waals surface area contributed by atoms with Crippen molar-refractivity contribution in [2.24, 2.45) is 10.7 Å². The molecule has 3 aromatic rings. The first-order valence-corrected chi connectivity index (χ1v) is 14.4. The topological polar surface area (TPSA) is 120 Å². The number of nitrogens with two attached hydrogens (primary N) is 1. The second kappa shape index (κ2) is 12.8. The Morgan fingerprint density at radius 2 is 1.50 bits per heavy atom. The normalized spacial score (nSPS) is 15.0. The second-order valence-corrected chi connectivity index (χ2v) is 11.4. The van der Waals surface area contributed by atoms with Crippen molar-refractivity contribution in [2.75, 3.05) is 41.7 Å². The highest BCUT2D eigenvalue weighted by atomic mass is 35.5. The van der Waals surface area contributed by atoms with Crippen LogP contribution in [0, 0.1) is 0 Å². The molecule has 0 saturated carbocycles. The number of guanidine groups is 1. The molecule has 0 aliphatic carbocycles. The molecule has 1 aliphatic heterocycles. The molecule has 0 radical (unpaired) electrons. The van der Waals surface area contributed by atoms with Gasteiger partial charge in [-0.05, 0) is 66.7 Å². The molecule has 1 saturated heterocycles. The molecule has 1 fully saturated rings. The van der Waals surface area contributed by atoms with Gasteiger partial charge in [0.2, 0.25) is 15.9 Å². The van der Waals surface area contributed by atoms with Gasteiger partial charge in [-0.15, -0.1) is 0 Å². The van der Waals surface area contributed by atoms with Crippen LogP contribution in [-0.4, -0.2) is 50.8 Å². The molecule has 1 aliphatic rings. The van der Waals surface area contributed by atoms with Gasteiger partial charge in [-0.25, -0.2) is 13.4 Å². The van der Waals surface area contributed by atoms with E-state index in [4.69, 9.17) is 17.3 Å². The number of halogens is 1. The Kier molecular flexibility index (Phi) is 9.26. The lowest BCUT2D eigenvalue weighted by Crippen LogP contribution is -2.48. The fourth-order valence-corrected chi connectivity index (χ4v) is 5.79. The number of nitrogens with zero attached hydrogens (tertiary/aromatic N) is 3. The first-order chi connectivity index (χ1) is 19.2. The number of hydrogen-bond acceptors (Lipinski definition) is 5. The number of carbonyl (C=O) groups is 1. The fraction of sp³-hybridized carbons (Fsp3) is 0.172. The average Bonchev–Trinajstić information content (AvgIpc) is 2.94. The van der Waals surface area contributed by atoms with Crippen LogP contribution in [0.4, 0.5) is 17.1 Å². The number of piperazine rings is 1. The van der Waals surface area contributed by atoms with E-state index >= 15 is 0 Å². The zero-order valence-electron chi connectivity index (χ0n) is 22.0. The largest absolute Gasteiger partial charge is 0.369 e. The first kappa shape index (κ1) is 28.9. The van der Waals surface area contributed by atoms with Gasteiger partial charge in [0.1, 0.15) is 0 Å². The van der Waals surface area contributed by atoms with E-state index in [1.807, 2.05) is 36.4 Å². The first-order valence-electron chi connectivity index (χ1n) is 12.6. The molecular formula is C29H31ClN6O3S. The van der Waals surface area contributed by atoms with Gasteiger partial charge >= 0.3 is 0 Å². The summed E-state index contributed by atoms with van der Waals surface area (Å²) in [6, 6.07) is 21.2. The summed E-state index contributed by atoms with van der Waals surface area (Å²) in [5.74, 6) is 0.0595. The SMILES string of the molecule is C=C/C=C(\N=C(/N)Nc1ccc(N2CCN(S(=O)(=O)c3ccc(Cl)cc3)CC2)cc1)c1ccc(NC(C)=O)cc1. The summed E-state index contributed by atoms with van der Waals surface area (Å²) in [5.41, 5.74) is 10.0. The quantitative estimate of drug-likeness (QED) is 0.201. The van der Waals surface area contributed by atoms with Crippen LogP contribution < -0.4 is 21.3 Å². The van der Waals surface area contributed by atoms with Crippen LogP contribution in [0.3, 0.4) is 0 Å². The van der Waals surface area contributed by atoms with Crippen molar-refractivity contribution in [1.29, 1.82) is 0 Å². The van der Waals surface area contributed by atoms with E-state index in [9.17, 15) is 13.2 Å². The minimum Gasteiger partial charge on any atom is -0.369 e. The maximum atomic E-state index is 13.0. The summed E-state index contributed by atoms with van der Waals surface area (Å²) >= 11 is 5.90. The molecule has 1 heterocycles. The number of allylic oxidation sites excluding steroid dienone is 2. The second-order valence-electron chi connectivity index (χ2n) is 9.06. The van der Waals surface area contributed by atoms with Gasteiger partial charge in [0.25, 0.3) is 0 Å². The summed E-state index contributed by atoms with van der Waals surface area (Å²) in [6.45, 7) is 7.12. The monoisotopic (exact) mass is 578 g/mol. The highest BCUT2D eigenvalue weighted by Crippen LogP contribution is 2.24. The molecule has 0 aromatic heterocycles. The van der Waals surface area contributed by atoms with Gasteiger partial charge in [0.15, 0.2) is 5.96 Å². The molecular weight excluding hydrogens is 548 g/mol. The molecule has 208 valence electrons. The van der Waals surface area contributed by atoms with E-state index in [-0.39, 0.29) is 16.8 Å². The van der Waals surface area contributed by atoms with Gasteiger partial charge in [0, 0.05) is 60.8 Å². The lowest BCUT2D eigenvalue weighted by molar-refractivity contribution is -0.114. The molecule has 4 N–H and O–H groups in total. The third kappa shape index (κ3) is 7.29. The van der Waals surface area contributed by atoms with Gasteiger partial charge in [-0.1, -0.05) is 36.4 Å². The summed E-state index contributed by atoms with van der Waals surface area (Å²) < 4.78 is 27.4. The smallest absolute Gasteiger partial charge is 0.243 e. The summed E-state index contributed by atoms with van der Waals surface area (Å²) in [7, 11) is -3.56. The minimum absolute atomic E-state index is 0.142. The maximum Gasteiger partial charge on any atom is 0.243 e. The average molecular weight is 579 g/mol. The van der Waals surface area contributed by atoms with Crippen molar-refractivity contribution in [1.82, 2.24) is 4.31 Å². The number of aliphatic imine (C=N–C) groups is 1. The predicted octanol–water partition coefficient (Wildman–Crippen LogP) is 4.76. The van der Waals surface area contributed by atoms with Crippen LogP contribution in [0.2, 0.25) is 5.02 Å². The third-order valence-corrected chi connectivity index (χ3v) is 8.38. The Morgan fingerprint density at radius 3 is 2.08 bits per heavy atom. The summed E-state index contributed by atoms with van der Waals surface area (Å²) in [6.07, 6.45) is 3.38. The van der Waals surface area contributed by atoms with Gasteiger partial charge < -0.3 is 21.3 Å². The van der Waals surface area contributed by atoms with E-state index in [1.54, 1.807) is 36.4 Å². The molecule has 0 bridgehead atoms. The van der Waals surface area contributed by atoms with E-state index in [0.29, 0.717) is 42.6 Å². The predicted molar refractivity (Wildman–Crippen MR) is 163 cm³/mol. The molecule has 9 nitrogen and oxygen atoms in total. The number of anilines is 3. The number of carbonyl (C=O) groups excluding carboxylic acids is 1. The van der Waals surface area contributed by atoms with Crippen molar-refractivity contribution in [3.8, 4) is 0 Å². The van der Waals surface area contributed by atoms with Crippen LogP contribution in [0.15, 0.2) is 101 Å². The molecule has 3 aromatic carbocycles. The van der Waals surface area contributed by atoms with Crippen LogP contribution in [0.5, 0.6) is 0 Å². The fourth-order valence-electron chi connectivity index (χ4n) is 4.24. The van der Waals surface area contributed by atoms with Crippen molar-refractivity contribution >= 4 is 56.3 Å². The molecule has 4 rings (SSSR count). The Hall–Kier alpha value is -4.12. The zero-order valence-corrected chi connectivity index (χ0v) is 23.6. The Labute approximate surface area is 239 Å². The van der Waals surface area contributed by atoms with E-state index < -0.39 is 10.0 Å². The molecule has 1 amide bonds. The maximum absolute atomic E-state index is 13.0. The number of hydrogen-bond donors (Lipinski definition) is 3. The number of sulfonamides is 1. The van der Waals surface area contributed by atoms with Crippen molar-refractivity contribution in [3.05, 3.63) is 102 Å². The number of rotatable bonds is 8. The summed E-state index contributed by atoms with van der Waals surface area (Å²) in [5, 5.41) is 6.33. The van der Waals surface area contributed by atoms with E-state index in [2.05, 4.69) is 27.1 Å². The molecule has 40 heavy (non-hydrogen) atoms. The Bertz CT molecular complexity index is 1510. The third-order valence-electron chi connectivity index (χ3n) is 6.21. The lowest BCUT2D eigenvalue weighted by atomic mass is 10.1. The minimum atomic E-state index is -3.56. The van der Waals surface area contributed by atoms with Gasteiger partial charge in [-0.2, -0.15) is 4.31 Å². The lowest BCUT2D eigenvalue weighted by Gasteiger charge is -2.35. The van der Waals surface area contributed by atoms with Crippen molar-refractivity contribution in [2.45, 2.75) is 11.8 Å². The van der Waals surface area contributed by atoms with Crippen LogP contribution in [0.1, 0.15) is 12.5 Å². The highest BCUT2D eigenvalue weighted by Gasteiger charge is 2.28. The van der Waals surface area contributed by atoms with E-state index in [0.717, 1.165) is 16.9 Å². The van der Waals surface area contributed by atoms with Gasteiger partial charge in [0.05, 0.1) is 10.6 Å². The Balaban J connectivity index is 1.37. The molecule has 11 heteroatoms. The number of benzene rings is 3. The van der Waals surface area contributed by atoms with Crippen LogP contribution in [-0.2, 0) is 14.8 Å². The number of nitrogens with one attached hydrogen (secondary N) is 2. The Morgan fingerprint density at radius 1 is 0.925 bits per heavy atom. The van der Waals surface area contributed by atoms with Crippen LogP contribution >= 0.6 is 11.6 Å².